The lowest BCUT2D eigenvalue weighted by Crippen LogP contribution is -2.43. The number of benzene rings is 1. The number of hydrogen-bond acceptors (Lipinski definition) is 4. The average molecular weight is 264 g/mol. The maximum atomic E-state index is 5.48. The molecule has 2 rings (SSSR count). The van der Waals surface area contributed by atoms with Gasteiger partial charge in [0.2, 0.25) is 0 Å². The Bertz CT molecular complexity index is 403. The van der Waals surface area contributed by atoms with Crippen molar-refractivity contribution in [3.63, 3.8) is 0 Å². The van der Waals surface area contributed by atoms with Crippen molar-refractivity contribution in [2.24, 2.45) is 0 Å². The largest absolute Gasteiger partial charge is 0.495 e. The Morgan fingerprint density at radius 3 is 3.00 bits per heavy atom. The van der Waals surface area contributed by atoms with Gasteiger partial charge in [-0.15, -0.1) is 0 Å². The minimum Gasteiger partial charge on any atom is -0.495 e. The molecule has 1 aliphatic rings. The molecule has 0 radical (unpaired) electrons. The highest BCUT2D eigenvalue weighted by Crippen LogP contribution is 2.28. The van der Waals surface area contributed by atoms with Crippen molar-refractivity contribution < 1.29 is 9.47 Å². The molecule has 0 aromatic heterocycles. The van der Waals surface area contributed by atoms with Crippen LogP contribution < -0.4 is 15.0 Å². The molecule has 0 saturated carbocycles. The Morgan fingerprint density at radius 1 is 1.47 bits per heavy atom. The monoisotopic (exact) mass is 264 g/mol. The van der Waals surface area contributed by atoms with Crippen LogP contribution in [0.2, 0.25) is 0 Å². The average Bonchev–Trinajstić information content (AvgIpc) is 2.46. The van der Waals surface area contributed by atoms with Crippen LogP contribution in [-0.4, -0.2) is 46.5 Å². The topological polar surface area (TPSA) is 33.7 Å². The van der Waals surface area contributed by atoms with Gasteiger partial charge in [0.1, 0.15) is 5.75 Å². The van der Waals surface area contributed by atoms with E-state index in [4.69, 9.17) is 9.47 Å². The lowest BCUT2D eigenvalue weighted by molar-refractivity contribution is 0.0749. The zero-order valence-electron chi connectivity index (χ0n) is 12.1. The minimum atomic E-state index is 0.465. The normalized spacial score (nSPS) is 19.2. The zero-order valence-corrected chi connectivity index (χ0v) is 12.1. The summed E-state index contributed by atoms with van der Waals surface area (Å²) in [6.07, 6.45) is 1.08. The summed E-state index contributed by atoms with van der Waals surface area (Å²) in [5.41, 5.74) is 2.40. The molecular formula is C15H24N2O2. The molecule has 1 aliphatic heterocycles. The first-order valence-corrected chi connectivity index (χ1v) is 6.87. The number of methoxy groups -OCH3 is 1. The summed E-state index contributed by atoms with van der Waals surface area (Å²) in [4.78, 5) is 2.25. The predicted molar refractivity (Wildman–Crippen MR) is 78.2 cm³/mol. The second-order valence-corrected chi connectivity index (χ2v) is 5.11. The van der Waals surface area contributed by atoms with Crippen molar-refractivity contribution in [2.75, 3.05) is 45.4 Å². The highest BCUT2D eigenvalue weighted by Gasteiger charge is 2.15. The lowest BCUT2D eigenvalue weighted by atomic mass is 10.1. The van der Waals surface area contributed by atoms with Crippen LogP contribution in [-0.2, 0) is 4.74 Å². The summed E-state index contributed by atoms with van der Waals surface area (Å²) in [6, 6.07) is 6.74. The highest BCUT2D eigenvalue weighted by molar-refractivity contribution is 5.59. The SMILES string of the molecule is COc1ccc(C)cc1N(C)CCC1COCCN1. The van der Waals surface area contributed by atoms with Crippen LogP contribution in [0.25, 0.3) is 0 Å². The van der Waals surface area contributed by atoms with Crippen molar-refractivity contribution in [1.82, 2.24) is 5.32 Å². The molecule has 4 heteroatoms. The van der Waals surface area contributed by atoms with Crippen LogP contribution in [0.15, 0.2) is 18.2 Å². The molecule has 1 N–H and O–H groups in total. The van der Waals surface area contributed by atoms with E-state index in [1.54, 1.807) is 7.11 Å². The van der Waals surface area contributed by atoms with Gasteiger partial charge in [-0.25, -0.2) is 0 Å². The molecule has 1 saturated heterocycles. The molecule has 1 aromatic rings. The highest BCUT2D eigenvalue weighted by atomic mass is 16.5. The quantitative estimate of drug-likeness (QED) is 0.879. The van der Waals surface area contributed by atoms with Crippen molar-refractivity contribution in [3.05, 3.63) is 23.8 Å². The van der Waals surface area contributed by atoms with Crippen molar-refractivity contribution in [2.45, 2.75) is 19.4 Å². The first kappa shape index (κ1) is 14.2. The van der Waals surface area contributed by atoms with Gasteiger partial charge in [0.25, 0.3) is 0 Å². The first-order chi connectivity index (χ1) is 9.20. The fourth-order valence-corrected chi connectivity index (χ4v) is 2.37. The molecular weight excluding hydrogens is 240 g/mol. The van der Waals surface area contributed by atoms with Gasteiger partial charge in [-0.1, -0.05) is 6.07 Å². The summed E-state index contributed by atoms with van der Waals surface area (Å²) in [5.74, 6) is 0.931. The van der Waals surface area contributed by atoms with Crippen molar-refractivity contribution in [3.8, 4) is 5.75 Å². The Kier molecular flexibility index (Phi) is 5.05. The fourth-order valence-electron chi connectivity index (χ4n) is 2.37. The number of morpholine rings is 1. The first-order valence-electron chi connectivity index (χ1n) is 6.87. The zero-order chi connectivity index (χ0) is 13.7. The summed E-state index contributed by atoms with van der Waals surface area (Å²) >= 11 is 0. The van der Waals surface area contributed by atoms with E-state index in [-0.39, 0.29) is 0 Å². The molecule has 0 amide bonds. The van der Waals surface area contributed by atoms with E-state index >= 15 is 0 Å². The Labute approximate surface area is 115 Å². The molecule has 1 aromatic carbocycles. The smallest absolute Gasteiger partial charge is 0.142 e. The molecule has 0 bridgehead atoms. The second-order valence-electron chi connectivity index (χ2n) is 5.11. The van der Waals surface area contributed by atoms with Gasteiger partial charge >= 0.3 is 0 Å². The molecule has 0 aliphatic carbocycles. The van der Waals surface area contributed by atoms with Crippen LogP contribution in [0.3, 0.4) is 0 Å². The maximum Gasteiger partial charge on any atom is 0.142 e. The summed E-state index contributed by atoms with van der Waals surface area (Å²) in [6.45, 7) is 5.70. The standard InChI is InChI=1S/C15H24N2O2/c1-12-4-5-15(18-3)14(10-12)17(2)8-6-13-11-19-9-7-16-13/h4-5,10,13,16H,6-9,11H2,1-3H3. The Morgan fingerprint density at radius 2 is 2.32 bits per heavy atom. The number of ether oxygens (including phenoxy) is 2. The van der Waals surface area contributed by atoms with E-state index in [2.05, 4.69) is 36.3 Å². The molecule has 1 unspecified atom stereocenters. The van der Waals surface area contributed by atoms with E-state index < -0.39 is 0 Å². The van der Waals surface area contributed by atoms with Crippen LogP contribution in [0.1, 0.15) is 12.0 Å². The number of hydrogen-bond donors (Lipinski definition) is 1. The molecule has 19 heavy (non-hydrogen) atoms. The number of aryl methyl sites for hydroxylation is 1. The van der Waals surface area contributed by atoms with E-state index in [1.165, 1.54) is 5.56 Å². The third-order valence-corrected chi connectivity index (χ3v) is 3.56. The van der Waals surface area contributed by atoms with Gasteiger partial charge in [0.05, 0.1) is 26.0 Å². The summed E-state index contributed by atoms with van der Waals surface area (Å²) < 4.78 is 10.9. The van der Waals surface area contributed by atoms with E-state index in [0.717, 1.165) is 44.2 Å². The van der Waals surface area contributed by atoms with Crippen LogP contribution in [0, 0.1) is 6.92 Å². The van der Waals surface area contributed by atoms with Crippen LogP contribution in [0.5, 0.6) is 5.75 Å². The van der Waals surface area contributed by atoms with E-state index in [9.17, 15) is 0 Å². The third kappa shape index (κ3) is 3.85. The number of rotatable bonds is 5. The van der Waals surface area contributed by atoms with Crippen molar-refractivity contribution in [1.29, 1.82) is 0 Å². The molecule has 1 heterocycles. The number of anilines is 1. The lowest BCUT2D eigenvalue weighted by Gasteiger charge is -2.27. The fraction of sp³-hybridized carbons (Fsp3) is 0.600. The van der Waals surface area contributed by atoms with E-state index in [0.29, 0.717) is 6.04 Å². The van der Waals surface area contributed by atoms with Gasteiger partial charge in [0, 0.05) is 26.2 Å². The minimum absolute atomic E-state index is 0.465. The number of nitrogens with one attached hydrogen (secondary N) is 1. The maximum absolute atomic E-state index is 5.48. The molecule has 106 valence electrons. The second kappa shape index (κ2) is 6.78. The Balaban J connectivity index is 1.94. The summed E-state index contributed by atoms with van der Waals surface area (Å²) in [7, 11) is 3.83. The molecule has 0 spiro atoms. The molecule has 1 atom stereocenters. The van der Waals surface area contributed by atoms with Gasteiger partial charge in [0.15, 0.2) is 0 Å². The Hall–Kier alpha value is -1.26. The number of nitrogens with zero attached hydrogens (tertiary/aromatic N) is 1. The predicted octanol–water partition coefficient (Wildman–Crippen LogP) is 1.82. The molecule has 4 nitrogen and oxygen atoms in total. The van der Waals surface area contributed by atoms with E-state index in [1.807, 2.05) is 6.07 Å². The summed E-state index contributed by atoms with van der Waals surface area (Å²) in [5, 5.41) is 3.48. The van der Waals surface area contributed by atoms with Gasteiger partial charge in [-0.05, 0) is 31.0 Å². The molecule has 1 fully saturated rings. The van der Waals surface area contributed by atoms with Crippen LogP contribution >= 0.6 is 0 Å². The third-order valence-electron chi connectivity index (χ3n) is 3.56. The van der Waals surface area contributed by atoms with Gasteiger partial charge < -0.3 is 19.7 Å². The van der Waals surface area contributed by atoms with Crippen molar-refractivity contribution >= 4 is 5.69 Å². The van der Waals surface area contributed by atoms with Crippen LogP contribution in [0.4, 0.5) is 5.69 Å². The van der Waals surface area contributed by atoms with Gasteiger partial charge in [-0.2, -0.15) is 0 Å². The van der Waals surface area contributed by atoms with Gasteiger partial charge in [-0.3, -0.25) is 0 Å².